The second-order valence-electron chi connectivity index (χ2n) is 5.04. The van der Waals surface area contributed by atoms with Gasteiger partial charge >= 0.3 is 5.82 Å². The van der Waals surface area contributed by atoms with Crippen molar-refractivity contribution < 1.29 is 14.9 Å². The number of anilines is 1. The average Bonchev–Trinajstić information content (AvgIpc) is 2.56. The molecule has 23 heavy (non-hydrogen) atoms. The molecule has 2 N–H and O–H groups in total. The van der Waals surface area contributed by atoms with Crippen LogP contribution >= 0.6 is 0 Å². The Kier molecular flexibility index (Phi) is 6.02. The van der Waals surface area contributed by atoms with Gasteiger partial charge in [0.1, 0.15) is 5.69 Å². The van der Waals surface area contributed by atoms with Gasteiger partial charge in [-0.2, -0.15) is 0 Å². The maximum atomic E-state index is 11.6. The number of aliphatic hydroxyl groups is 2. The molecule has 7 heteroatoms. The van der Waals surface area contributed by atoms with Gasteiger partial charge in [-0.3, -0.25) is 0 Å². The number of azo groups is 1. The lowest BCUT2D eigenvalue weighted by atomic mass is 10.2. The molecule has 2 rings (SSSR count). The third kappa shape index (κ3) is 4.73. The van der Waals surface area contributed by atoms with Gasteiger partial charge in [0.05, 0.1) is 24.5 Å². The van der Waals surface area contributed by atoms with Gasteiger partial charge in [0, 0.05) is 24.8 Å². The van der Waals surface area contributed by atoms with Gasteiger partial charge < -0.3 is 20.3 Å². The fraction of sp³-hybridized carbons (Fsp3) is 0.312. The van der Waals surface area contributed by atoms with Crippen molar-refractivity contribution in [3.8, 4) is 0 Å². The van der Waals surface area contributed by atoms with E-state index in [-0.39, 0.29) is 19.0 Å². The second-order valence-corrected chi connectivity index (χ2v) is 5.04. The SMILES string of the molecule is Cc1cc[n+]([O-])c(N=Nc2ccc(N(CCO)CCO)cc2)c1. The van der Waals surface area contributed by atoms with Crippen LogP contribution in [-0.2, 0) is 0 Å². The van der Waals surface area contributed by atoms with Crippen LogP contribution in [0.4, 0.5) is 17.2 Å². The monoisotopic (exact) mass is 316 g/mol. The van der Waals surface area contributed by atoms with E-state index in [0.29, 0.717) is 23.5 Å². The van der Waals surface area contributed by atoms with Crippen LogP contribution in [-0.4, -0.2) is 36.5 Å². The van der Waals surface area contributed by atoms with E-state index in [9.17, 15) is 5.21 Å². The molecule has 0 bridgehead atoms. The first kappa shape index (κ1) is 16.9. The number of aromatic nitrogens is 1. The van der Waals surface area contributed by atoms with Crippen molar-refractivity contribution in [3.05, 3.63) is 53.4 Å². The van der Waals surface area contributed by atoms with E-state index in [1.165, 1.54) is 6.20 Å². The van der Waals surface area contributed by atoms with Gasteiger partial charge in [-0.15, -0.1) is 0 Å². The minimum atomic E-state index is 0.0122. The van der Waals surface area contributed by atoms with Crippen LogP contribution in [0.15, 0.2) is 52.8 Å². The molecule has 0 spiro atoms. The van der Waals surface area contributed by atoms with E-state index >= 15 is 0 Å². The molecule has 0 fully saturated rings. The molecule has 7 nitrogen and oxygen atoms in total. The Hall–Kier alpha value is -2.51. The first-order valence-electron chi connectivity index (χ1n) is 7.32. The van der Waals surface area contributed by atoms with Crippen molar-refractivity contribution >= 4 is 17.2 Å². The Morgan fingerprint density at radius 2 is 1.70 bits per heavy atom. The van der Waals surface area contributed by atoms with Crippen LogP contribution in [0.5, 0.6) is 0 Å². The molecule has 0 atom stereocenters. The van der Waals surface area contributed by atoms with Crippen LogP contribution in [0.2, 0.25) is 0 Å². The third-order valence-corrected chi connectivity index (χ3v) is 3.28. The fourth-order valence-electron chi connectivity index (χ4n) is 2.10. The summed E-state index contributed by atoms with van der Waals surface area (Å²) in [5, 5.41) is 37.7. The first-order chi connectivity index (χ1) is 11.1. The summed E-state index contributed by atoms with van der Waals surface area (Å²) in [5.74, 6) is 0.233. The normalized spacial score (nSPS) is 11.1. The number of hydrogen-bond acceptors (Lipinski definition) is 6. The van der Waals surface area contributed by atoms with Crippen LogP contribution in [0.3, 0.4) is 0 Å². The summed E-state index contributed by atoms with van der Waals surface area (Å²) in [6, 6.07) is 10.6. The lowest BCUT2D eigenvalue weighted by molar-refractivity contribution is -0.591. The minimum absolute atomic E-state index is 0.0122. The molecule has 1 aromatic carbocycles. The van der Waals surface area contributed by atoms with Crippen molar-refractivity contribution in [1.82, 2.24) is 0 Å². The van der Waals surface area contributed by atoms with Crippen molar-refractivity contribution in [1.29, 1.82) is 0 Å². The Morgan fingerprint density at radius 3 is 2.30 bits per heavy atom. The molecule has 0 aliphatic rings. The van der Waals surface area contributed by atoms with Crippen LogP contribution < -0.4 is 9.63 Å². The van der Waals surface area contributed by atoms with E-state index < -0.39 is 0 Å². The summed E-state index contributed by atoms with van der Waals surface area (Å²) in [7, 11) is 0. The maximum absolute atomic E-state index is 11.6. The molecule has 1 aromatic heterocycles. The number of aliphatic hydroxyl groups excluding tert-OH is 2. The van der Waals surface area contributed by atoms with E-state index in [0.717, 1.165) is 11.3 Å². The fourth-order valence-corrected chi connectivity index (χ4v) is 2.10. The molecule has 0 aliphatic heterocycles. The largest absolute Gasteiger partial charge is 0.710 e. The van der Waals surface area contributed by atoms with Crippen molar-refractivity contribution in [2.45, 2.75) is 6.92 Å². The Morgan fingerprint density at radius 1 is 1.04 bits per heavy atom. The Bertz CT molecular complexity index is 653. The smallest absolute Gasteiger partial charge is 0.353 e. The number of rotatable bonds is 7. The summed E-state index contributed by atoms with van der Waals surface area (Å²) < 4.78 is 0.662. The molecule has 0 aliphatic carbocycles. The van der Waals surface area contributed by atoms with E-state index in [2.05, 4.69) is 10.2 Å². The van der Waals surface area contributed by atoms with Gasteiger partial charge in [-0.1, -0.05) is 0 Å². The van der Waals surface area contributed by atoms with Gasteiger partial charge in [0.2, 0.25) is 0 Å². The highest BCUT2D eigenvalue weighted by Gasteiger charge is 2.07. The summed E-state index contributed by atoms with van der Waals surface area (Å²) >= 11 is 0. The van der Waals surface area contributed by atoms with E-state index in [1.54, 1.807) is 24.3 Å². The molecule has 0 radical (unpaired) electrons. The molecule has 0 unspecified atom stereocenters. The molecular formula is C16H20N4O3. The molecule has 0 amide bonds. The predicted octanol–water partition coefficient (Wildman–Crippen LogP) is 1.83. The van der Waals surface area contributed by atoms with Crippen LogP contribution in [0.25, 0.3) is 0 Å². The first-order valence-corrected chi connectivity index (χ1v) is 7.32. The highest BCUT2D eigenvalue weighted by molar-refractivity contribution is 5.52. The van der Waals surface area contributed by atoms with Crippen LogP contribution in [0, 0.1) is 12.1 Å². The van der Waals surface area contributed by atoms with Crippen LogP contribution in [0.1, 0.15) is 5.56 Å². The lowest BCUT2D eigenvalue weighted by Gasteiger charge is -2.22. The summed E-state index contributed by atoms with van der Waals surface area (Å²) in [6.07, 6.45) is 1.40. The molecular weight excluding hydrogens is 296 g/mol. The quantitative estimate of drug-likeness (QED) is 0.463. The van der Waals surface area contributed by atoms with Crippen molar-refractivity contribution in [3.63, 3.8) is 0 Å². The van der Waals surface area contributed by atoms with Gasteiger partial charge in [0.25, 0.3) is 0 Å². The molecule has 0 saturated heterocycles. The van der Waals surface area contributed by atoms with Gasteiger partial charge in [0.15, 0.2) is 0 Å². The standard InChI is InChI=1S/C16H20N4O3/c1-13-6-7-20(23)16(12-13)18-17-14-2-4-15(5-3-14)19(8-10-21)9-11-22/h2-7,12,21-22H,8-11H2,1H3. The van der Waals surface area contributed by atoms with Crippen molar-refractivity contribution in [2.24, 2.45) is 10.2 Å². The zero-order chi connectivity index (χ0) is 16.7. The average molecular weight is 316 g/mol. The summed E-state index contributed by atoms with van der Waals surface area (Å²) in [5.41, 5.74) is 2.43. The Labute approximate surface area is 134 Å². The number of pyridine rings is 1. The predicted molar refractivity (Wildman–Crippen MR) is 87.1 cm³/mol. The zero-order valence-electron chi connectivity index (χ0n) is 13.0. The maximum Gasteiger partial charge on any atom is 0.353 e. The number of hydrogen-bond donors (Lipinski definition) is 2. The summed E-state index contributed by atoms with van der Waals surface area (Å²) in [6.45, 7) is 2.79. The van der Waals surface area contributed by atoms with E-state index in [1.807, 2.05) is 24.0 Å². The lowest BCUT2D eigenvalue weighted by Crippen LogP contribution is -2.29. The van der Waals surface area contributed by atoms with Crippen molar-refractivity contribution in [2.75, 3.05) is 31.2 Å². The summed E-state index contributed by atoms with van der Waals surface area (Å²) in [4.78, 5) is 1.87. The molecule has 1 heterocycles. The highest BCUT2D eigenvalue weighted by atomic mass is 16.5. The second kappa shape index (κ2) is 8.21. The minimum Gasteiger partial charge on any atom is -0.710 e. The molecule has 122 valence electrons. The topological polar surface area (TPSA) is 95.4 Å². The van der Waals surface area contributed by atoms with Gasteiger partial charge in [-0.25, -0.2) is 4.73 Å². The number of aryl methyl sites for hydroxylation is 1. The highest BCUT2D eigenvalue weighted by Crippen LogP contribution is 2.21. The molecule has 2 aromatic rings. The van der Waals surface area contributed by atoms with Gasteiger partial charge in [-0.05, 0) is 47.9 Å². The zero-order valence-corrected chi connectivity index (χ0v) is 13.0. The van der Waals surface area contributed by atoms with E-state index in [4.69, 9.17) is 10.2 Å². The number of benzene rings is 1. The third-order valence-electron chi connectivity index (χ3n) is 3.28. The molecule has 0 saturated carbocycles. The Balaban J connectivity index is 2.12. The number of nitrogens with zero attached hydrogens (tertiary/aromatic N) is 4.